The van der Waals surface area contributed by atoms with Crippen LogP contribution < -0.4 is 5.32 Å². The van der Waals surface area contributed by atoms with Gasteiger partial charge in [0, 0.05) is 12.8 Å². The van der Waals surface area contributed by atoms with Crippen LogP contribution in [0.1, 0.15) is 16.8 Å². The van der Waals surface area contributed by atoms with Crippen molar-refractivity contribution in [1.82, 2.24) is 9.97 Å². The van der Waals surface area contributed by atoms with E-state index >= 15 is 0 Å². The zero-order chi connectivity index (χ0) is 14.1. The molecule has 0 radical (unpaired) electrons. The number of carbonyl (C=O) groups is 1. The van der Waals surface area contributed by atoms with Crippen LogP contribution >= 0.6 is 0 Å². The van der Waals surface area contributed by atoms with Gasteiger partial charge in [-0.2, -0.15) is 0 Å². The number of hydrogen-bond acceptors (Lipinski definition) is 5. The van der Waals surface area contributed by atoms with Crippen LogP contribution in [0, 0.1) is 5.82 Å². The van der Waals surface area contributed by atoms with E-state index in [4.69, 9.17) is 9.84 Å². The molecule has 1 unspecified atom stereocenters. The van der Waals surface area contributed by atoms with Crippen molar-refractivity contribution >= 4 is 22.8 Å². The highest BCUT2D eigenvalue weighted by molar-refractivity contribution is 5.93. The van der Waals surface area contributed by atoms with Crippen LogP contribution in [-0.4, -0.2) is 40.3 Å². The second kappa shape index (κ2) is 5.01. The molecule has 0 amide bonds. The van der Waals surface area contributed by atoms with Gasteiger partial charge in [0.2, 0.25) is 5.95 Å². The number of nitrogens with one attached hydrogen (secondary N) is 1. The number of aromatic carboxylic acids is 1. The van der Waals surface area contributed by atoms with Gasteiger partial charge in [0.25, 0.3) is 0 Å². The van der Waals surface area contributed by atoms with Crippen molar-refractivity contribution in [2.75, 3.05) is 18.5 Å². The highest BCUT2D eigenvalue weighted by atomic mass is 19.1. The van der Waals surface area contributed by atoms with E-state index in [1.54, 1.807) is 0 Å². The molecule has 0 saturated carbocycles. The zero-order valence-corrected chi connectivity index (χ0v) is 10.5. The molecule has 1 aromatic heterocycles. The average Bonchev–Trinajstić information content (AvgIpc) is 2.91. The average molecular weight is 277 g/mol. The fraction of sp³-hybridized carbons (Fsp3) is 0.308. The van der Waals surface area contributed by atoms with E-state index in [0.29, 0.717) is 19.2 Å². The summed E-state index contributed by atoms with van der Waals surface area (Å²) in [6.07, 6.45) is 2.20. The van der Waals surface area contributed by atoms with Gasteiger partial charge in [-0.1, -0.05) is 0 Å². The third-order valence-electron chi connectivity index (χ3n) is 3.16. The molecule has 1 fully saturated rings. The van der Waals surface area contributed by atoms with E-state index in [9.17, 15) is 9.18 Å². The Morgan fingerprint density at radius 1 is 1.50 bits per heavy atom. The number of aromatic nitrogens is 2. The summed E-state index contributed by atoms with van der Waals surface area (Å²) in [7, 11) is 0. The van der Waals surface area contributed by atoms with Gasteiger partial charge in [-0.05, 0) is 18.6 Å². The summed E-state index contributed by atoms with van der Waals surface area (Å²) in [5.74, 6) is -1.49. The Bertz CT molecular complexity index is 671. The summed E-state index contributed by atoms with van der Waals surface area (Å²) in [4.78, 5) is 19.1. The van der Waals surface area contributed by atoms with E-state index in [1.165, 1.54) is 12.3 Å². The summed E-state index contributed by atoms with van der Waals surface area (Å²) in [5.41, 5.74) is 0.127. The van der Waals surface area contributed by atoms with Crippen LogP contribution in [0.2, 0.25) is 0 Å². The first-order valence-corrected chi connectivity index (χ1v) is 6.17. The largest absolute Gasteiger partial charge is 0.478 e. The molecule has 1 aliphatic heterocycles. The second-order valence-electron chi connectivity index (χ2n) is 4.59. The van der Waals surface area contributed by atoms with Crippen LogP contribution in [0.25, 0.3) is 10.9 Å². The number of nitrogens with zero attached hydrogens (tertiary/aromatic N) is 2. The zero-order valence-electron chi connectivity index (χ0n) is 10.5. The Morgan fingerprint density at radius 2 is 2.35 bits per heavy atom. The molecule has 7 heteroatoms. The van der Waals surface area contributed by atoms with Gasteiger partial charge < -0.3 is 15.2 Å². The number of benzene rings is 1. The first-order chi connectivity index (χ1) is 9.63. The van der Waals surface area contributed by atoms with Crippen molar-refractivity contribution < 1.29 is 19.0 Å². The molecule has 1 aromatic carbocycles. The van der Waals surface area contributed by atoms with Crippen LogP contribution in [-0.2, 0) is 4.74 Å². The summed E-state index contributed by atoms with van der Waals surface area (Å²) < 4.78 is 19.0. The first kappa shape index (κ1) is 12.7. The SMILES string of the molecule is O=C(O)c1cc(F)c2cnc(NC3CCOC3)nc2c1. The van der Waals surface area contributed by atoms with E-state index in [-0.39, 0.29) is 22.5 Å². The third-order valence-corrected chi connectivity index (χ3v) is 3.16. The molecule has 6 nitrogen and oxygen atoms in total. The standard InChI is InChI=1S/C13H12FN3O3/c14-10-3-7(12(18)19)4-11-9(10)5-15-13(17-11)16-8-1-2-20-6-8/h3-5,8H,1-2,6H2,(H,18,19)(H,15,16,17). The molecule has 20 heavy (non-hydrogen) atoms. The maximum Gasteiger partial charge on any atom is 0.335 e. The Labute approximate surface area is 113 Å². The number of carboxylic acid groups (broad SMARTS) is 1. The predicted octanol–water partition coefficient (Wildman–Crippen LogP) is 1.67. The van der Waals surface area contributed by atoms with Gasteiger partial charge in [-0.25, -0.2) is 19.2 Å². The fourth-order valence-corrected chi connectivity index (χ4v) is 2.12. The maximum atomic E-state index is 13.8. The van der Waals surface area contributed by atoms with E-state index in [2.05, 4.69) is 15.3 Å². The molecule has 104 valence electrons. The van der Waals surface area contributed by atoms with Crippen LogP contribution in [0.4, 0.5) is 10.3 Å². The van der Waals surface area contributed by atoms with Gasteiger partial charge in [-0.3, -0.25) is 0 Å². The normalized spacial score (nSPS) is 18.4. The highest BCUT2D eigenvalue weighted by Crippen LogP contribution is 2.20. The van der Waals surface area contributed by atoms with Crippen molar-refractivity contribution in [2.45, 2.75) is 12.5 Å². The van der Waals surface area contributed by atoms with Gasteiger partial charge >= 0.3 is 5.97 Å². The molecule has 1 atom stereocenters. The quantitative estimate of drug-likeness (QED) is 0.887. The summed E-state index contributed by atoms with van der Waals surface area (Å²) in [6.45, 7) is 1.26. The monoisotopic (exact) mass is 277 g/mol. The summed E-state index contributed by atoms with van der Waals surface area (Å²) >= 11 is 0. The van der Waals surface area contributed by atoms with Gasteiger partial charge in [0.15, 0.2) is 0 Å². The molecule has 1 saturated heterocycles. The van der Waals surface area contributed by atoms with Gasteiger partial charge in [-0.15, -0.1) is 0 Å². The lowest BCUT2D eigenvalue weighted by Gasteiger charge is -2.11. The minimum absolute atomic E-state index is 0.125. The van der Waals surface area contributed by atoms with Gasteiger partial charge in [0.05, 0.1) is 29.1 Å². The Hall–Kier alpha value is -2.28. The first-order valence-electron chi connectivity index (χ1n) is 6.17. The molecule has 0 bridgehead atoms. The Kier molecular flexibility index (Phi) is 3.19. The number of rotatable bonds is 3. The van der Waals surface area contributed by atoms with Crippen molar-refractivity contribution in [1.29, 1.82) is 0 Å². The van der Waals surface area contributed by atoms with E-state index in [1.807, 2.05) is 0 Å². The number of fused-ring (bicyclic) bond motifs is 1. The lowest BCUT2D eigenvalue weighted by Crippen LogP contribution is -2.20. The number of anilines is 1. The molecule has 3 rings (SSSR count). The fourth-order valence-electron chi connectivity index (χ4n) is 2.12. The minimum Gasteiger partial charge on any atom is -0.478 e. The van der Waals surface area contributed by atoms with Crippen molar-refractivity contribution in [3.05, 3.63) is 29.7 Å². The van der Waals surface area contributed by atoms with Crippen LogP contribution in [0.5, 0.6) is 0 Å². The summed E-state index contributed by atoms with van der Waals surface area (Å²) in [5, 5.41) is 12.2. The Balaban J connectivity index is 1.98. The van der Waals surface area contributed by atoms with Gasteiger partial charge in [0.1, 0.15) is 5.82 Å². The van der Waals surface area contributed by atoms with E-state index < -0.39 is 11.8 Å². The maximum absolute atomic E-state index is 13.8. The molecule has 2 aromatic rings. The lowest BCUT2D eigenvalue weighted by molar-refractivity contribution is 0.0696. The molecular weight excluding hydrogens is 265 g/mol. The van der Waals surface area contributed by atoms with Crippen molar-refractivity contribution in [3.8, 4) is 0 Å². The number of halogens is 1. The number of hydrogen-bond donors (Lipinski definition) is 2. The summed E-state index contributed by atoms with van der Waals surface area (Å²) in [6, 6.07) is 2.42. The topological polar surface area (TPSA) is 84.3 Å². The molecule has 0 spiro atoms. The predicted molar refractivity (Wildman–Crippen MR) is 69.3 cm³/mol. The smallest absolute Gasteiger partial charge is 0.335 e. The van der Waals surface area contributed by atoms with Crippen LogP contribution in [0.15, 0.2) is 18.3 Å². The van der Waals surface area contributed by atoms with Crippen molar-refractivity contribution in [3.63, 3.8) is 0 Å². The van der Waals surface area contributed by atoms with E-state index in [0.717, 1.165) is 12.5 Å². The molecule has 1 aliphatic rings. The lowest BCUT2D eigenvalue weighted by atomic mass is 10.1. The second-order valence-corrected chi connectivity index (χ2v) is 4.59. The number of ether oxygens (including phenoxy) is 1. The van der Waals surface area contributed by atoms with Crippen LogP contribution in [0.3, 0.4) is 0 Å². The Morgan fingerprint density at radius 3 is 3.05 bits per heavy atom. The number of carboxylic acids is 1. The molecule has 2 heterocycles. The van der Waals surface area contributed by atoms with Crippen molar-refractivity contribution in [2.24, 2.45) is 0 Å². The molecule has 2 N–H and O–H groups in total. The highest BCUT2D eigenvalue weighted by Gasteiger charge is 2.17. The molecule has 0 aliphatic carbocycles. The molecular formula is C13H12FN3O3. The third kappa shape index (κ3) is 2.39. The minimum atomic E-state index is -1.19.